The van der Waals surface area contributed by atoms with Crippen LogP contribution in [0.15, 0.2) is 38.9 Å². The number of aliphatic hydroxyl groups excluding tert-OH is 1. The summed E-state index contributed by atoms with van der Waals surface area (Å²) in [6, 6.07) is 2.49. The predicted molar refractivity (Wildman–Crippen MR) is 148 cm³/mol. The summed E-state index contributed by atoms with van der Waals surface area (Å²) >= 11 is 0. The summed E-state index contributed by atoms with van der Waals surface area (Å²) in [6.45, 7) is -0.652. The molecule has 8 atom stereocenters. The smallest absolute Gasteiger partial charge is 0.351 e. The molecule has 4 heterocycles. The fourth-order valence-corrected chi connectivity index (χ4v) is 6.39. The SMILES string of the molecule is COC1C(O)C(CO[S-](=O)=POC2C(CO[S-](=O)=P)OC(n3ccc(N)nc3=O)C2OC)OC1n1ccc(=O)[nH]c1=O. The van der Waals surface area contributed by atoms with Crippen LogP contribution in [0.1, 0.15) is 12.5 Å². The van der Waals surface area contributed by atoms with Crippen molar-refractivity contribution in [3.63, 3.8) is 0 Å². The number of aromatic nitrogens is 4. The molecule has 2 saturated heterocycles. The van der Waals surface area contributed by atoms with Crippen molar-refractivity contribution in [2.75, 3.05) is 33.2 Å². The zero-order valence-corrected chi connectivity index (χ0v) is 25.4. The van der Waals surface area contributed by atoms with Gasteiger partial charge in [-0.25, -0.2) is 17.6 Å². The lowest BCUT2D eigenvalue weighted by atomic mass is 10.1. The Bertz CT molecular complexity index is 1580. The molecule has 0 bridgehead atoms. The normalized spacial score (nSPS) is 30.3. The highest BCUT2D eigenvalue weighted by Crippen LogP contribution is 2.35. The molecule has 0 amide bonds. The molecular weight excluding hydrogens is 644 g/mol. The van der Waals surface area contributed by atoms with E-state index in [2.05, 4.69) is 18.0 Å². The maximum atomic E-state index is 12.7. The second-order valence-electron chi connectivity index (χ2n) is 8.75. The molecule has 22 heteroatoms. The maximum Gasteiger partial charge on any atom is 0.351 e. The minimum absolute atomic E-state index is 0.00154. The Hall–Kier alpha value is -2.06. The first kappa shape index (κ1) is 32.8. The topological polar surface area (TPSA) is 235 Å². The highest BCUT2D eigenvalue weighted by atomic mass is 32.5. The Balaban J connectivity index is 1.46. The Morgan fingerprint density at radius 3 is 2.31 bits per heavy atom. The monoisotopic (exact) mass is 671 g/mol. The number of aliphatic hydroxyl groups is 1. The molecule has 0 spiro atoms. The lowest BCUT2D eigenvalue weighted by Gasteiger charge is -2.23. The first-order valence-electron chi connectivity index (χ1n) is 11.9. The summed E-state index contributed by atoms with van der Waals surface area (Å²) in [5, 5.41) is 10.7. The van der Waals surface area contributed by atoms with Gasteiger partial charge < -0.3 is 51.1 Å². The van der Waals surface area contributed by atoms with Crippen molar-refractivity contribution in [1.29, 1.82) is 0 Å². The van der Waals surface area contributed by atoms with E-state index in [-0.39, 0.29) is 20.0 Å². The van der Waals surface area contributed by atoms with Gasteiger partial charge in [-0.3, -0.25) is 18.9 Å². The van der Waals surface area contributed by atoms with Crippen molar-refractivity contribution in [3.05, 3.63) is 55.8 Å². The van der Waals surface area contributed by atoms with Gasteiger partial charge in [0.25, 0.3) is 5.56 Å². The van der Waals surface area contributed by atoms with Crippen molar-refractivity contribution in [3.8, 4) is 0 Å². The lowest BCUT2D eigenvalue weighted by molar-refractivity contribution is -0.0594. The minimum atomic E-state index is -2.13. The molecule has 4 N–H and O–H groups in total. The highest BCUT2D eigenvalue weighted by Gasteiger charge is 2.47. The summed E-state index contributed by atoms with van der Waals surface area (Å²) in [5.41, 5.74) is 3.46. The molecule has 0 saturated carbocycles. The van der Waals surface area contributed by atoms with E-state index in [4.69, 9.17) is 37.6 Å². The van der Waals surface area contributed by atoms with Crippen LogP contribution in [0, 0.1) is 0 Å². The van der Waals surface area contributed by atoms with Gasteiger partial charge in [0, 0.05) is 32.7 Å². The van der Waals surface area contributed by atoms with Crippen molar-refractivity contribution in [2.45, 2.75) is 49.1 Å². The van der Waals surface area contributed by atoms with Crippen LogP contribution in [-0.4, -0.2) is 88.3 Å². The highest BCUT2D eigenvalue weighted by molar-refractivity contribution is 8.08. The Labute approximate surface area is 244 Å². The number of nitrogens with one attached hydrogen (secondary N) is 1. The average molecular weight is 672 g/mol. The Morgan fingerprint density at radius 1 is 1.02 bits per heavy atom. The molecule has 0 aromatic carbocycles. The van der Waals surface area contributed by atoms with Crippen molar-refractivity contribution >= 4 is 41.9 Å². The van der Waals surface area contributed by atoms with Gasteiger partial charge in [0.05, 0.1) is 13.2 Å². The maximum absolute atomic E-state index is 12.7. The molecule has 234 valence electrons. The number of nitrogen functional groups attached to an aromatic ring is 1. The van der Waals surface area contributed by atoms with E-state index in [1.54, 1.807) is 0 Å². The standard InChI is InChI=1S/C20H27N5O13P2S2/c1-32-15-13(27)9(36-17(15)25-6-4-12(26)23-20(25)29)7-35-42(31)40-38-14-10(8-34-41(30)39)37-18(16(14)33-2)24-5-3-11(21)22-19(24)28/h3-6,9-10,13-18,27,39H,7-8H2,1-2H3,(H2,21,22,28)(H,23,26,29)/q-2. The van der Waals surface area contributed by atoms with Crippen LogP contribution in [0.4, 0.5) is 5.82 Å². The summed E-state index contributed by atoms with van der Waals surface area (Å²) in [4.78, 5) is 41.8. The van der Waals surface area contributed by atoms with Gasteiger partial charge in [-0.15, -0.1) is 10.3 Å². The number of rotatable bonds is 12. The first-order valence-corrected chi connectivity index (χ1v) is 16.7. The second-order valence-corrected chi connectivity index (χ2v) is 12.8. The average Bonchev–Trinajstić information content (AvgIpc) is 3.45. The van der Waals surface area contributed by atoms with E-state index in [1.165, 1.54) is 32.7 Å². The zero-order valence-electron chi connectivity index (χ0n) is 21.9. The van der Waals surface area contributed by atoms with Gasteiger partial charge in [-0.05, 0) is 13.6 Å². The van der Waals surface area contributed by atoms with E-state index in [0.717, 1.165) is 15.2 Å². The molecule has 0 aliphatic carbocycles. The molecule has 8 unspecified atom stereocenters. The van der Waals surface area contributed by atoms with Gasteiger partial charge in [-0.1, -0.05) is 10.3 Å². The van der Waals surface area contributed by atoms with Crippen LogP contribution in [0.3, 0.4) is 0 Å². The number of methoxy groups -OCH3 is 2. The largest absolute Gasteiger partial charge is 0.446 e. The quantitative estimate of drug-likeness (QED) is 0.173. The molecule has 2 aliphatic heterocycles. The van der Waals surface area contributed by atoms with E-state index in [9.17, 15) is 27.9 Å². The van der Waals surface area contributed by atoms with E-state index in [1.807, 2.05) is 0 Å². The van der Waals surface area contributed by atoms with Gasteiger partial charge in [0.2, 0.25) is 0 Å². The number of hydrogen-bond acceptors (Lipinski definition) is 17. The number of anilines is 1. The van der Waals surface area contributed by atoms with Crippen molar-refractivity contribution in [2.24, 2.45) is 0 Å². The number of nitrogens with two attached hydrogens (primary N) is 1. The van der Waals surface area contributed by atoms with Crippen LogP contribution in [0.2, 0.25) is 0 Å². The third-order valence-electron chi connectivity index (χ3n) is 6.29. The minimum Gasteiger partial charge on any atom is -0.446 e. The molecule has 18 nitrogen and oxygen atoms in total. The predicted octanol–water partition coefficient (Wildman–Crippen LogP) is -1.43. The fraction of sp³-hybridized carbons (Fsp3) is 0.600. The summed E-state index contributed by atoms with van der Waals surface area (Å²) in [6.07, 6.45) is -5.82. The first-order chi connectivity index (χ1) is 20.0. The lowest BCUT2D eigenvalue weighted by Crippen LogP contribution is -2.38. The van der Waals surface area contributed by atoms with Gasteiger partial charge >= 0.3 is 11.4 Å². The Kier molecular flexibility index (Phi) is 11.4. The van der Waals surface area contributed by atoms with E-state index >= 15 is 0 Å². The van der Waals surface area contributed by atoms with Gasteiger partial charge in [0.15, 0.2) is 12.5 Å². The van der Waals surface area contributed by atoms with E-state index in [0.29, 0.717) is 0 Å². The van der Waals surface area contributed by atoms with Gasteiger partial charge in [-0.2, -0.15) is 4.98 Å². The van der Waals surface area contributed by atoms with Crippen molar-refractivity contribution < 1.29 is 45.4 Å². The van der Waals surface area contributed by atoms with Crippen LogP contribution in [0.5, 0.6) is 0 Å². The number of nitrogens with zero attached hydrogens (tertiary/aromatic N) is 3. The number of hydrogen-bond donors (Lipinski definition) is 3. The Morgan fingerprint density at radius 2 is 1.67 bits per heavy atom. The van der Waals surface area contributed by atoms with Crippen LogP contribution >= 0.6 is 15.6 Å². The fourth-order valence-electron chi connectivity index (χ4n) is 4.39. The van der Waals surface area contributed by atoms with Crippen LogP contribution in [-0.2, 0) is 60.8 Å². The molecule has 2 fully saturated rings. The molecule has 42 heavy (non-hydrogen) atoms. The number of ether oxygens (including phenoxy) is 4. The molecule has 0 radical (unpaired) electrons. The van der Waals surface area contributed by atoms with Crippen LogP contribution < -0.4 is 22.7 Å². The molecule has 2 aromatic heterocycles. The summed E-state index contributed by atoms with van der Waals surface area (Å²) in [5.74, 6) is 0.00154. The molecule has 2 aromatic rings. The van der Waals surface area contributed by atoms with Crippen LogP contribution in [0.25, 0.3) is 0 Å². The number of H-pyrrole nitrogens is 1. The van der Waals surface area contributed by atoms with Crippen molar-refractivity contribution in [1.82, 2.24) is 19.1 Å². The molecule has 4 rings (SSSR count). The molecular formula is C20H27N5O13P2S2-2. The number of aromatic amines is 1. The summed E-state index contributed by atoms with van der Waals surface area (Å²) < 4.78 is 64.9. The third kappa shape index (κ3) is 7.53. The zero-order chi connectivity index (χ0) is 30.6. The second kappa shape index (κ2) is 14.6. The summed E-state index contributed by atoms with van der Waals surface area (Å²) in [7, 11) is 1.29. The van der Waals surface area contributed by atoms with Gasteiger partial charge in [0.1, 0.15) is 42.4 Å². The molecule has 2 aliphatic rings. The van der Waals surface area contributed by atoms with E-state index < -0.39 is 93.1 Å². The third-order valence-corrected chi connectivity index (χ3v) is 8.72.